The minimum absolute atomic E-state index is 0.0281. The van der Waals surface area contributed by atoms with Gasteiger partial charge in [-0.05, 0) is 43.7 Å². The lowest BCUT2D eigenvalue weighted by atomic mass is 10.0. The molecule has 1 fully saturated rings. The Kier molecular flexibility index (Phi) is 8.36. The third-order valence-corrected chi connectivity index (χ3v) is 7.04. The molecule has 1 unspecified atom stereocenters. The summed E-state index contributed by atoms with van der Waals surface area (Å²) in [6.07, 6.45) is 0.508. The van der Waals surface area contributed by atoms with Crippen LogP contribution < -0.4 is 0 Å². The van der Waals surface area contributed by atoms with Crippen molar-refractivity contribution >= 4 is 46.2 Å². The fourth-order valence-corrected chi connectivity index (χ4v) is 4.97. The van der Waals surface area contributed by atoms with E-state index in [0.717, 1.165) is 15.0 Å². The number of carbonyl (C=O) groups excluding carboxylic acids is 4. The van der Waals surface area contributed by atoms with E-state index in [2.05, 4.69) is 4.90 Å². The van der Waals surface area contributed by atoms with Gasteiger partial charge in [-0.2, -0.15) is 0 Å². The van der Waals surface area contributed by atoms with Gasteiger partial charge in [-0.25, -0.2) is 9.18 Å². The number of aromatic nitrogens is 1. The van der Waals surface area contributed by atoms with Gasteiger partial charge in [-0.3, -0.25) is 23.9 Å². The lowest BCUT2D eigenvalue weighted by molar-refractivity contribution is -0.124. The fourth-order valence-electron chi connectivity index (χ4n) is 4.73. The van der Waals surface area contributed by atoms with E-state index in [9.17, 15) is 23.6 Å². The Labute approximate surface area is 230 Å². The summed E-state index contributed by atoms with van der Waals surface area (Å²) in [5, 5.41) is 0.355. The van der Waals surface area contributed by atoms with Crippen LogP contribution in [0.15, 0.2) is 42.6 Å². The number of nitrogens with zero attached hydrogens (tertiary/aromatic N) is 4. The summed E-state index contributed by atoms with van der Waals surface area (Å²) < 4.78 is 19.5. The number of likely N-dealkylation sites (N-methyl/N-ethyl adjacent to an activating group) is 1. The highest BCUT2D eigenvalue weighted by Crippen LogP contribution is 2.31. The Bertz CT molecular complexity index is 1440. The molecule has 9 nitrogen and oxygen atoms in total. The van der Waals surface area contributed by atoms with Crippen LogP contribution in [0.2, 0.25) is 5.02 Å². The second-order valence-electron chi connectivity index (χ2n) is 9.70. The molecule has 0 spiro atoms. The molecule has 0 aliphatic carbocycles. The predicted octanol–water partition coefficient (Wildman–Crippen LogP) is 4.06. The van der Waals surface area contributed by atoms with Crippen molar-refractivity contribution in [2.75, 3.05) is 40.3 Å². The highest BCUT2D eigenvalue weighted by atomic mass is 35.5. The normalized spacial score (nSPS) is 15.8. The number of ketones is 1. The maximum Gasteiger partial charge on any atom is 0.418 e. The van der Waals surface area contributed by atoms with Crippen LogP contribution in [0.5, 0.6) is 0 Å². The van der Waals surface area contributed by atoms with Gasteiger partial charge in [-0.1, -0.05) is 23.7 Å². The molecule has 2 aromatic carbocycles. The Hall–Kier alpha value is -3.76. The van der Waals surface area contributed by atoms with E-state index in [1.54, 1.807) is 24.0 Å². The molecule has 4 rings (SSSR count). The van der Waals surface area contributed by atoms with Crippen molar-refractivity contribution < 1.29 is 28.3 Å². The number of Topliss-reactive ketones (excluding diaryl/α,β-unsaturated/α-hetero) is 1. The van der Waals surface area contributed by atoms with E-state index >= 15 is 0 Å². The maximum atomic E-state index is 13.7. The quantitative estimate of drug-likeness (QED) is 0.336. The third-order valence-electron chi connectivity index (χ3n) is 6.73. The van der Waals surface area contributed by atoms with Gasteiger partial charge in [0, 0.05) is 57.9 Å². The second kappa shape index (κ2) is 11.5. The van der Waals surface area contributed by atoms with Crippen LogP contribution in [-0.2, 0) is 16.1 Å². The molecule has 1 aliphatic rings. The van der Waals surface area contributed by atoms with Gasteiger partial charge in [0.25, 0.3) is 17.6 Å². The first-order chi connectivity index (χ1) is 18.5. The summed E-state index contributed by atoms with van der Waals surface area (Å²) in [7, 11) is 2.90. The smallest absolute Gasteiger partial charge is 0.418 e. The molecular formula is C28H30ClFN4O5. The number of piperazine rings is 1. The van der Waals surface area contributed by atoms with E-state index in [1.807, 2.05) is 6.92 Å². The van der Waals surface area contributed by atoms with Crippen molar-refractivity contribution in [3.05, 3.63) is 70.1 Å². The highest BCUT2D eigenvalue weighted by Gasteiger charge is 2.31. The topological polar surface area (TPSA) is 92.2 Å². The van der Waals surface area contributed by atoms with Gasteiger partial charge in [0.05, 0.1) is 28.3 Å². The van der Waals surface area contributed by atoms with Crippen LogP contribution in [0.25, 0.3) is 10.9 Å². The fraction of sp³-hybridized carbons (Fsp3) is 0.357. The monoisotopic (exact) mass is 556 g/mol. The van der Waals surface area contributed by atoms with Crippen LogP contribution in [0.1, 0.15) is 40.1 Å². The zero-order valence-electron chi connectivity index (χ0n) is 22.2. The summed E-state index contributed by atoms with van der Waals surface area (Å²) in [5.41, 5.74) is 1.37. The summed E-state index contributed by atoms with van der Waals surface area (Å²) in [6, 6.07) is 9.09. The first-order valence-electron chi connectivity index (χ1n) is 12.6. The molecule has 11 heteroatoms. The standard InChI is InChI=1S/C28H30ClFN4O5/c1-5-39-28(38)34-16-22(25(35)27(37)31(3)4)20-12-21(23(29)13-24(20)34)26(36)33-11-10-32(14-17(33)2)15-18-6-8-19(30)9-7-18/h6-9,12-13,16-17H,5,10-11,14-15H2,1-4H3. The Morgan fingerprint density at radius 3 is 2.38 bits per heavy atom. The Morgan fingerprint density at radius 1 is 1.08 bits per heavy atom. The number of benzene rings is 2. The highest BCUT2D eigenvalue weighted by molar-refractivity contribution is 6.45. The van der Waals surface area contributed by atoms with Gasteiger partial charge in [0.2, 0.25) is 0 Å². The molecular weight excluding hydrogens is 527 g/mol. The Morgan fingerprint density at radius 2 is 1.77 bits per heavy atom. The van der Waals surface area contributed by atoms with Crippen molar-refractivity contribution in [3.63, 3.8) is 0 Å². The van der Waals surface area contributed by atoms with Crippen LogP contribution in [-0.4, -0.2) is 89.3 Å². The van der Waals surface area contributed by atoms with E-state index in [1.165, 1.54) is 44.6 Å². The number of fused-ring (bicyclic) bond motifs is 1. The van der Waals surface area contributed by atoms with Crippen LogP contribution >= 0.6 is 11.6 Å². The van der Waals surface area contributed by atoms with E-state index < -0.39 is 17.8 Å². The summed E-state index contributed by atoms with van der Waals surface area (Å²) in [5.74, 6) is -2.20. The van der Waals surface area contributed by atoms with Crippen molar-refractivity contribution in [1.29, 1.82) is 0 Å². The summed E-state index contributed by atoms with van der Waals surface area (Å²) >= 11 is 6.56. The molecule has 0 bridgehead atoms. The van der Waals surface area contributed by atoms with Crippen LogP contribution in [0, 0.1) is 5.82 Å². The average molecular weight is 557 g/mol. The van der Waals surface area contributed by atoms with Gasteiger partial charge in [0.15, 0.2) is 0 Å². The molecule has 1 saturated heterocycles. The molecule has 206 valence electrons. The van der Waals surface area contributed by atoms with Crippen molar-refractivity contribution in [3.8, 4) is 0 Å². The molecule has 0 N–H and O–H groups in total. The maximum absolute atomic E-state index is 13.7. The number of rotatable bonds is 6. The van der Waals surface area contributed by atoms with Crippen molar-refractivity contribution in [2.45, 2.75) is 26.4 Å². The first kappa shape index (κ1) is 28.3. The third kappa shape index (κ3) is 5.81. The number of carbonyl (C=O) groups is 4. The van der Waals surface area contributed by atoms with E-state index in [0.29, 0.717) is 26.2 Å². The largest absolute Gasteiger partial charge is 0.449 e. The average Bonchev–Trinajstić information content (AvgIpc) is 3.26. The molecule has 39 heavy (non-hydrogen) atoms. The van der Waals surface area contributed by atoms with Gasteiger partial charge in [-0.15, -0.1) is 0 Å². The van der Waals surface area contributed by atoms with E-state index in [-0.39, 0.29) is 51.4 Å². The zero-order chi connectivity index (χ0) is 28.4. The van der Waals surface area contributed by atoms with Gasteiger partial charge in [0.1, 0.15) is 5.82 Å². The molecule has 0 radical (unpaired) electrons. The minimum atomic E-state index is -0.823. The summed E-state index contributed by atoms with van der Waals surface area (Å²) in [6.45, 7) is 5.96. The molecule has 1 atom stereocenters. The van der Waals surface area contributed by atoms with Crippen LogP contribution in [0.4, 0.5) is 9.18 Å². The Balaban J connectivity index is 1.64. The zero-order valence-corrected chi connectivity index (χ0v) is 23.0. The van der Waals surface area contributed by atoms with Crippen LogP contribution in [0.3, 0.4) is 0 Å². The molecule has 3 aromatic rings. The lowest BCUT2D eigenvalue weighted by Gasteiger charge is -2.40. The van der Waals surface area contributed by atoms with Crippen molar-refractivity contribution in [1.82, 2.24) is 19.3 Å². The van der Waals surface area contributed by atoms with Gasteiger partial charge < -0.3 is 14.5 Å². The first-order valence-corrected chi connectivity index (χ1v) is 12.9. The number of amides is 2. The predicted molar refractivity (Wildman–Crippen MR) is 145 cm³/mol. The van der Waals surface area contributed by atoms with Gasteiger partial charge >= 0.3 is 6.09 Å². The number of halogens is 2. The number of hydrogen-bond donors (Lipinski definition) is 0. The molecule has 2 amide bonds. The molecule has 0 saturated carbocycles. The van der Waals surface area contributed by atoms with E-state index in [4.69, 9.17) is 16.3 Å². The minimum Gasteiger partial charge on any atom is -0.449 e. The lowest BCUT2D eigenvalue weighted by Crippen LogP contribution is -2.53. The SMILES string of the molecule is CCOC(=O)n1cc(C(=O)C(=O)N(C)C)c2cc(C(=O)N3CCN(Cc4ccc(F)cc4)CC3C)c(Cl)cc21. The number of ether oxygens (including phenoxy) is 1. The molecule has 2 heterocycles. The molecule has 1 aliphatic heterocycles. The summed E-state index contributed by atoms with van der Waals surface area (Å²) in [4.78, 5) is 56.8. The number of hydrogen-bond acceptors (Lipinski definition) is 6. The molecule has 1 aromatic heterocycles. The van der Waals surface area contributed by atoms with Crippen molar-refractivity contribution in [2.24, 2.45) is 0 Å². The second-order valence-corrected chi connectivity index (χ2v) is 10.1.